The molecule has 0 atom stereocenters. The van der Waals surface area contributed by atoms with Gasteiger partial charge in [0, 0.05) is 25.3 Å². The van der Waals surface area contributed by atoms with Crippen molar-refractivity contribution < 1.29 is 14.3 Å². The van der Waals surface area contributed by atoms with Gasteiger partial charge >= 0.3 is 0 Å². The molecule has 1 aromatic carbocycles. The number of carbonyl (C=O) groups excluding carboxylic acids is 1. The fraction of sp³-hybridized carbons (Fsp3) is 0.667. The quantitative estimate of drug-likeness (QED) is 0.847. The van der Waals surface area contributed by atoms with Gasteiger partial charge in [-0.15, -0.1) is 0 Å². The normalized spacial score (nSPS) is 21.5. The molecule has 5 heteroatoms. The Labute approximate surface area is 157 Å². The molecule has 1 aliphatic carbocycles. The number of hydrogen-bond donors (Lipinski definition) is 1. The summed E-state index contributed by atoms with van der Waals surface area (Å²) in [4.78, 5) is 15.6. The van der Waals surface area contributed by atoms with Crippen molar-refractivity contribution in [3.8, 4) is 5.75 Å². The molecule has 3 rings (SSSR count). The zero-order valence-electron chi connectivity index (χ0n) is 16.3. The number of nitrogens with one attached hydrogen (secondary N) is 1. The molecule has 26 heavy (non-hydrogen) atoms. The molecule has 1 N–H and O–H groups in total. The van der Waals surface area contributed by atoms with Gasteiger partial charge in [-0.05, 0) is 57.5 Å². The molecule has 0 bridgehead atoms. The van der Waals surface area contributed by atoms with E-state index < -0.39 is 5.41 Å². The van der Waals surface area contributed by atoms with E-state index in [2.05, 4.69) is 36.4 Å². The van der Waals surface area contributed by atoms with Gasteiger partial charge in [-0.3, -0.25) is 4.79 Å². The lowest BCUT2D eigenvalue weighted by Crippen LogP contribution is -2.57. The van der Waals surface area contributed by atoms with E-state index in [9.17, 15) is 4.79 Å². The van der Waals surface area contributed by atoms with Gasteiger partial charge in [-0.2, -0.15) is 0 Å². The highest BCUT2D eigenvalue weighted by Gasteiger charge is 2.44. The van der Waals surface area contributed by atoms with Gasteiger partial charge in [0.1, 0.15) is 5.75 Å². The molecule has 5 nitrogen and oxygen atoms in total. The van der Waals surface area contributed by atoms with E-state index in [1.54, 1.807) is 7.11 Å². The molecule has 1 saturated carbocycles. The molecule has 0 spiro atoms. The van der Waals surface area contributed by atoms with Crippen LogP contribution in [0.15, 0.2) is 24.3 Å². The van der Waals surface area contributed by atoms with Crippen molar-refractivity contribution >= 4 is 5.91 Å². The first-order valence-electron chi connectivity index (χ1n) is 9.70. The van der Waals surface area contributed by atoms with E-state index in [1.807, 2.05) is 12.1 Å². The number of amides is 1. The van der Waals surface area contributed by atoms with Crippen molar-refractivity contribution in [3.63, 3.8) is 0 Å². The first-order chi connectivity index (χ1) is 12.5. The highest BCUT2D eigenvalue weighted by Crippen LogP contribution is 2.42. The Morgan fingerprint density at radius 2 is 1.73 bits per heavy atom. The molecule has 0 unspecified atom stereocenters. The molecule has 0 aromatic heterocycles. The lowest BCUT2D eigenvalue weighted by atomic mass is 9.77. The molecular weight excluding hydrogens is 328 g/mol. The molecule has 2 fully saturated rings. The fourth-order valence-electron chi connectivity index (χ4n) is 4.48. The molecule has 1 heterocycles. The van der Waals surface area contributed by atoms with Gasteiger partial charge in [0.2, 0.25) is 5.91 Å². The van der Waals surface area contributed by atoms with Crippen LogP contribution in [0.5, 0.6) is 5.75 Å². The molecule has 1 aromatic rings. The first kappa shape index (κ1) is 19.2. The van der Waals surface area contributed by atoms with Crippen molar-refractivity contribution in [2.24, 2.45) is 0 Å². The number of rotatable bonds is 6. The van der Waals surface area contributed by atoms with Gasteiger partial charge in [0.25, 0.3) is 0 Å². The Hall–Kier alpha value is -1.59. The number of hydrogen-bond acceptors (Lipinski definition) is 4. The number of benzene rings is 1. The Morgan fingerprint density at radius 1 is 1.12 bits per heavy atom. The summed E-state index contributed by atoms with van der Waals surface area (Å²) in [6.45, 7) is 2.20. The summed E-state index contributed by atoms with van der Waals surface area (Å²) in [6.07, 6.45) is 5.95. The van der Waals surface area contributed by atoms with Crippen LogP contribution < -0.4 is 10.1 Å². The van der Waals surface area contributed by atoms with Crippen molar-refractivity contribution in [1.82, 2.24) is 10.2 Å². The minimum absolute atomic E-state index is 0.00634. The van der Waals surface area contributed by atoms with E-state index in [-0.39, 0.29) is 11.4 Å². The minimum atomic E-state index is -0.398. The molecule has 1 amide bonds. The second-order valence-electron chi connectivity index (χ2n) is 7.93. The molecule has 144 valence electrons. The van der Waals surface area contributed by atoms with Crippen LogP contribution in [0.25, 0.3) is 0 Å². The topological polar surface area (TPSA) is 50.8 Å². The molecule has 2 aliphatic rings. The van der Waals surface area contributed by atoms with Gasteiger partial charge in [-0.25, -0.2) is 0 Å². The summed E-state index contributed by atoms with van der Waals surface area (Å²) in [7, 11) is 5.88. The first-order valence-corrected chi connectivity index (χ1v) is 9.70. The number of likely N-dealkylation sites (N-methyl/N-ethyl adjacent to an activating group) is 1. The van der Waals surface area contributed by atoms with Crippen LogP contribution >= 0.6 is 0 Å². The average molecular weight is 360 g/mol. The lowest BCUT2D eigenvalue weighted by Gasteiger charge is -2.43. The van der Waals surface area contributed by atoms with E-state index in [0.29, 0.717) is 6.54 Å². The van der Waals surface area contributed by atoms with Gasteiger partial charge in [-0.1, -0.05) is 25.0 Å². The van der Waals surface area contributed by atoms with Crippen LogP contribution in [-0.2, 0) is 14.9 Å². The smallest absolute Gasteiger partial charge is 0.230 e. The standard InChI is InChI=1S/C21H32N2O3/c1-23(2)20(12-14-26-15-13-20)16-22-19(24)21(10-4-5-11-21)17-6-8-18(25-3)9-7-17/h6-9H,4-5,10-16H2,1-3H3,(H,22,24). The number of nitrogens with zero attached hydrogens (tertiary/aromatic N) is 1. The van der Waals surface area contributed by atoms with Crippen molar-refractivity contribution in [1.29, 1.82) is 0 Å². The second kappa shape index (κ2) is 7.97. The summed E-state index contributed by atoms with van der Waals surface area (Å²) in [6, 6.07) is 8.03. The van der Waals surface area contributed by atoms with Gasteiger partial charge in [0.15, 0.2) is 0 Å². The van der Waals surface area contributed by atoms with Crippen LogP contribution in [0.1, 0.15) is 44.1 Å². The maximum Gasteiger partial charge on any atom is 0.230 e. The molecule has 1 saturated heterocycles. The molecule has 0 radical (unpaired) electrons. The van der Waals surface area contributed by atoms with Gasteiger partial charge in [0.05, 0.1) is 12.5 Å². The highest BCUT2D eigenvalue weighted by molar-refractivity contribution is 5.88. The summed E-state index contributed by atoms with van der Waals surface area (Å²) >= 11 is 0. The van der Waals surface area contributed by atoms with Crippen molar-refractivity contribution in [3.05, 3.63) is 29.8 Å². The number of carbonyl (C=O) groups is 1. The van der Waals surface area contributed by atoms with Gasteiger partial charge < -0.3 is 19.7 Å². The van der Waals surface area contributed by atoms with E-state index in [1.165, 1.54) is 0 Å². The summed E-state index contributed by atoms with van der Waals surface area (Å²) in [5, 5.41) is 3.32. The monoisotopic (exact) mass is 360 g/mol. The number of methoxy groups -OCH3 is 1. The molecular formula is C21H32N2O3. The van der Waals surface area contributed by atoms with Crippen LogP contribution in [0, 0.1) is 0 Å². The predicted octanol–water partition coefficient (Wildman–Crippen LogP) is 2.73. The third-order valence-corrected chi connectivity index (χ3v) is 6.48. The maximum atomic E-state index is 13.3. The van der Waals surface area contributed by atoms with Crippen LogP contribution in [0.2, 0.25) is 0 Å². The van der Waals surface area contributed by atoms with E-state index >= 15 is 0 Å². The summed E-state index contributed by atoms with van der Waals surface area (Å²) < 4.78 is 10.8. The Bertz CT molecular complexity index is 600. The van der Waals surface area contributed by atoms with Crippen molar-refractivity contribution in [2.45, 2.75) is 49.5 Å². The largest absolute Gasteiger partial charge is 0.497 e. The SMILES string of the molecule is COc1ccc(C2(C(=O)NCC3(N(C)C)CCOCC3)CCCC2)cc1. The second-order valence-corrected chi connectivity index (χ2v) is 7.93. The average Bonchev–Trinajstić information content (AvgIpc) is 3.18. The van der Waals surface area contributed by atoms with Crippen LogP contribution in [0.3, 0.4) is 0 Å². The zero-order chi connectivity index (χ0) is 18.6. The van der Waals surface area contributed by atoms with E-state index in [4.69, 9.17) is 9.47 Å². The third kappa shape index (κ3) is 3.60. The highest BCUT2D eigenvalue weighted by atomic mass is 16.5. The third-order valence-electron chi connectivity index (χ3n) is 6.48. The minimum Gasteiger partial charge on any atom is -0.497 e. The summed E-state index contributed by atoms with van der Waals surface area (Å²) in [5.74, 6) is 1.00. The Morgan fingerprint density at radius 3 is 2.27 bits per heavy atom. The molecule has 1 aliphatic heterocycles. The summed E-state index contributed by atoms with van der Waals surface area (Å²) in [5.41, 5.74) is 0.706. The maximum absolute atomic E-state index is 13.3. The predicted molar refractivity (Wildman–Crippen MR) is 103 cm³/mol. The Balaban J connectivity index is 1.76. The Kier molecular flexibility index (Phi) is 5.88. The van der Waals surface area contributed by atoms with Crippen LogP contribution in [0.4, 0.5) is 0 Å². The number of ether oxygens (including phenoxy) is 2. The fourth-order valence-corrected chi connectivity index (χ4v) is 4.48. The van der Waals surface area contributed by atoms with Crippen LogP contribution in [-0.4, -0.2) is 57.3 Å². The van der Waals surface area contributed by atoms with Crippen molar-refractivity contribution in [2.75, 3.05) is 41.0 Å². The zero-order valence-corrected chi connectivity index (χ0v) is 16.3. The van der Waals surface area contributed by atoms with E-state index in [0.717, 1.165) is 63.1 Å². The lowest BCUT2D eigenvalue weighted by molar-refractivity contribution is -0.127.